The quantitative estimate of drug-likeness (QED) is 0.349. The molecule has 0 heterocycles. The zero-order valence-corrected chi connectivity index (χ0v) is 18.0. The molecule has 5 N–H and O–H groups in total. The third kappa shape index (κ3) is 15.0. The molecule has 2 rings (SSSR count). The van der Waals surface area contributed by atoms with Crippen molar-refractivity contribution in [1.29, 1.82) is 0 Å². The Morgan fingerprint density at radius 3 is 2.13 bits per heavy atom. The maximum Gasteiger partial charge on any atom is 0.251 e. The minimum absolute atomic E-state index is 0.0681. The summed E-state index contributed by atoms with van der Waals surface area (Å²) in [7, 11) is 1.84. The van der Waals surface area contributed by atoms with Crippen molar-refractivity contribution in [3.05, 3.63) is 72.9 Å². The minimum atomic E-state index is -0.0681. The van der Waals surface area contributed by atoms with E-state index in [1.165, 1.54) is 6.20 Å². The molecule has 7 heteroatoms. The lowest BCUT2D eigenvalue weighted by Crippen LogP contribution is -2.27. The summed E-state index contributed by atoms with van der Waals surface area (Å²) < 4.78 is 10.6. The van der Waals surface area contributed by atoms with Crippen LogP contribution >= 0.6 is 0 Å². The van der Waals surface area contributed by atoms with Gasteiger partial charge in [0.15, 0.2) is 0 Å². The fraction of sp³-hybridized carbons (Fsp3) is 0.348. The number of phenols is 1. The summed E-state index contributed by atoms with van der Waals surface area (Å²) in [4.78, 5) is 11.6. The molecule has 0 aliphatic heterocycles. The Kier molecular flexibility index (Phi) is 17.3. The summed E-state index contributed by atoms with van der Waals surface area (Å²) in [5.74, 6) is 0.232. The van der Waals surface area contributed by atoms with E-state index in [2.05, 4.69) is 29.9 Å². The van der Waals surface area contributed by atoms with Gasteiger partial charge in [-0.15, -0.1) is 0 Å². The van der Waals surface area contributed by atoms with Gasteiger partial charge in [0.2, 0.25) is 0 Å². The zero-order valence-electron chi connectivity index (χ0n) is 18.0. The standard InChI is InChI=1S/C14H21NO3.C7H9NO.C2H5N/c1-2-9-17-11-12-18-10-8-15-14(16)13-6-4-3-5-7-13;1-8-6-2-4-7(9)5-3-6;1-2-3/h3-7H,2,8-12H2,1H3,(H,15,16);2-5,8-9H,1H3;2H,1,3H2. The Balaban J connectivity index is 0.000000581. The molecule has 0 aliphatic rings. The van der Waals surface area contributed by atoms with Gasteiger partial charge >= 0.3 is 0 Å². The van der Waals surface area contributed by atoms with Gasteiger partial charge in [0.25, 0.3) is 5.91 Å². The van der Waals surface area contributed by atoms with Crippen LogP contribution in [0, 0.1) is 0 Å². The van der Waals surface area contributed by atoms with Crippen molar-refractivity contribution in [1.82, 2.24) is 5.32 Å². The number of carbonyl (C=O) groups is 1. The molecule has 0 radical (unpaired) electrons. The molecule has 7 nitrogen and oxygen atoms in total. The number of rotatable bonds is 10. The highest BCUT2D eigenvalue weighted by molar-refractivity contribution is 5.94. The van der Waals surface area contributed by atoms with Gasteiger partial charge in [0.05, 0.1) is 19.8 Å². The first-order chi connectivity index (χ1) is 14.6. The van der Waals surface area contributed by atoms with Crippen molar-refractivity contribution < 1.29 is 19.4 Å². The number of anilines is 1. The van der Waals surface area contributed by atoms with Crippen molar-refractivity contribution >= 4 is 11.6 Å². The first kappa shape index (κ1) is 27.0. The lowest BCUT2D eigenvalue weighted by atomic mass is 10.2. The van der Waals surface area contributed by atoms with Gasteiger partial charge in [-0.05, 0) is 49.0 Å². The topological polar surface area (TPSA) is 106 Å². The Hall–Kier alpha value is -3.03. The number of aromatic hydroxyl groups is 1. The van der Waals surface area contributed by atoms with E-state index >= 15 is 0 Å². The van der Waals surface area contributed by atoms with Gasteiger partial charge in [-0.2, -0.15) is 0 Å². The fourth-order valence-corrected chi connectivity index (χ4v) is 2.02. The predicted octanol–water partition coefficient (Wildman–Crippen LogP) is 3.38. The van der Waals surface area contributed by atoms with Gasteiger partial charge in [-0.25, -0.2) is 0 Å². The third-order valence-corrected chi connectivity index (χ3v) is 3.44. The van der Waals surface area contributed by atoms with E-state index < -0.39 is 0 Å². The Morgan fingerprint density at radius 2 is 1.60 bits per heavy atom. The second-order valence-electron chi connectivity index (χ2n) is 5.88. The van der Waals surface area contributed by atoms with Crippen molar-refractivity contribution in [2.45, 2.75) is 13.3 Å². The summed E-state index contributed by atoms with van der Waals surface area (Å²) in [6.45, 7) is 8.19. The molecule has 0 atom stereocenters. The second kappa shape index (κ2) is 19.3. The van der Waals surface area contributed by atoms with Gasteiger partial charge in [0.1, 0.15) is 5.75 Å². The van der Waals surface area contributed by atoms with Crippen LogP contribution in [0.3, 0.4) is 0 Å². The highest BCUT2D eigenvalue weighted by Crippen LogP contribution is 2.12. The second-order valence-corrected chi connectivity index (χ2v) is 5.88. The number of nitrogens with one attached hydrogen (secondary N) is 2. The third-order valence-electron chi connectivity index (χ3n) is 3.44. The van der Waals surface area contributed by atoms with E-state index in [0.717, 1.165) is 18.7 Å². The number of amides is 1. The van der Waals surface area contributed by atoms with Crippen LogP contribution in [0.15, 0.2) is 67.4 Å². The highest BCUT2D eigenvalue weighted by Gasteiger charge is 2.02. The van der Waals surface area contributed by atoms with Crippen LogP contribution in [-0.4, -0.2) is 51.0 Å². The smallest absolute Gasteiger partial charge is 0.251 e. The summed E-state index contributed by atoms with van der Waals surface area (Å²) >= 11 is 0. The van der Waals surface area contributed by atoms with Crippen molar-refractivity contribution in [3.8, 4) is 5.75 Å². The monoisotopic (exact) mass is 417 g/mol. The lowest BCUT2D eigenvalue weighted by Gasteiger charge is -2.06. The minimum Gasteiger partial charge on any atom is -0.508 e. The normalized spacial score (nSPS) is 9.27. The average Bonchev–Trinajstić information content (AvgIpc) is 2.77. The molecule has 0 aliphatic carbocycles. The molecule has 0 unspecified atom stereocenters. The number of carbonyl (C=O) groups excluding carboxylic acids is 1. The van der Waals surface area contributed by atoms with Crippen molar-refractivity contribution in [2.24, 2.45) is 5.73 Å². The van der Waals surface area contributed by atoms with Crippen LogP contribution in [0.1, 0.15) is 23.7 Å². The van der Waals surface area contributed by atoms with Crippen LogP contribution in [0.2, 0.25) is 0 Å². The summed E-state index contributed by atoms with van der Waals surface area (Å²) in [6, 6.07) is 16.1. The number of benzene rings is 2. The maximum atomic E-state index is 11.6. The summed E-state index contributed by atoms with van der Waals surface area (Å²) in [6.07, 6.45) is 2.27. The van der Waals surface area contributed by atoms with E-state index in [1.807, 2.05) is 37.4 Å². The van der Waals surface area contributed by atoms with Crippen LogP contribution in [0.5, 0.6) is 5.75 Å². The Morgan fingerprint density at radius 1 is 1.03 bits per heavy atom. The van der Waals surface area contributed by atoms with Gasteiger partial charge < -0.3 is 30.9 Å². The van der Waals surface area contributed by atoms with Crippen LogP contribution in [0.4, 0.5) is 5.69 Å². The molecule has 0 saturated heterocycles. The van der Waals surface area contributed by atoms with E-state index in [9.17, 15) is 4.79 Å². The predicted molar refractivity (Wildman–Crippen MR) is 123 cm³/mol. The van der Waals surface area contributed by atoms with Crippen LogP contribution < -0.4 is 16.4 Å². The zero-order chi connectivity index (χ0) is 22.5. The maximum absolute atomic E-state index is 11.6. The molecule has 30 heavy (non-hydrogen) atoms. The largest absolute Gasteiger partial charge is 0.508 e. The first-order valence-electron chi connectivity index (χ1n) is 9.87. The van der Waals surface area contributed by atoms with Crippen molar-refractivity contribution in [3.63, 3.8) is 0 Å². The van der Waals surface area contributed by atoms with Gasteiger partial charge in [-0.1, -0.05) is 31.7 Å². The van der Waals surface area contributed by atoms with Gasteiger partial charge in [-0.3, -0.25) is 4.79 Å². The molecule has 2 aromatic rings. The SMILES string of the molecule is C=CN.CCCOCCOCCNC(=O)c1ccccc1.CNc1ccc(O)cc1. The van der Waals surface area contributed by atoms with Crippen molar-refractivity contribution in [2.75, 3.05) is 45.3 Å². The Bertz CT molecular complexity index is 664. The van der Waals surface area contributed by atoms with E-state index in [0.29, 0.717) is 37.7 Å². The lowest BCUT2D eigenvalue weighted by molar-refractivity contribution is 0.0485. The molecule has 0 spiro atoms. The molecule has 0 bridgehead atoms. The Labute approximate surface area is 179 Å². The molecular formula is C23H35N3O4. The summed E-state index contributed by atoms with van der Waals surface area (Å²) in [5.41, 5.74) is 6.29. The van der Waals surface area contributed by atoms with Crippen LogP contribution in [-0.2, 0) is 9.47 Å². The number of ether oxygens (including phenoxy) is 2. The molecule has 166 valence electrons. The molecule has 2 aromatic carbocycles. The van der Waals surface area contributed by atoms with Gasteiger partial charge in [0, 0.05) is 31.5 Å². The van der Waals surface area contributed by atoms with E-state index in [4.69, 9.17) is 14.6 Å². The first-order valence-corrected chi connectivity index (χ1v) is 9.87. The van der Waals surface area contributed by atoms with Crippen LogP contribution in [0.25, 0.3) is 0 Å². The highest BCUT2D eigenvalue weighted by atomic mass is 16.5. The number of hydrogen-bond acceptors (Lipinski definition) is 6. The average molecular weight is 418 g/mol. The molecule has 0 saturated carbocycles. The van der Waals surface area contributed by atoms with E-state index in [-0.39, 0.29) is 5.91 Å². The molecular weight excluding hydrogens is 382 g/mol. The fourth-order valence-electron chi connectivity index (χ4n) is 2.02. The summed E-state index contributed by atoms with van der Waals surface area (Å²) in [5, 5.41) is 14.6. The number of hydrogen-bond donors (Lipinski definition) is 4. The molecule has 0 fully saturated rings. The number of phenolic OH excluding ortho intramolecular Hbond substituents is 1. The molecule has 1 amide bonds. The number of nitrogens with two attached hydrogens (primary N) is 1. The molecule has 0 aromatic heterocycles. The van der Waals surface area contributed by atoms with E-state index in [1.54, 1.807) is 24.3 Å².